The van der Waals surface area contributed by atoms with E-state index in [-0.39, 0.29) is 42.7 Å². The Bertz CT molecular complexity index is 322. The molecule has 4 unspecified atom stereocenters. The molecule has 0 radical (unpaired) electrons. The Kier molecular flexibility index (Phi) is 7.06. The molecule has 2 aliphatic carbocycles. The Balaban J connectivity index is 0.000001000. The second-order valence-electron chi connectivity index (χ2n) is 6.28. The van der Waals surface area contributed by atoms with E-state index in [1.165, 1.54) is 45.2 Å². The Morgan fingerprint density at radius 1 is 1.15 bits per heavy atom. The van der Waals surface area contributed by atoms with E-state index >= 15 is 0 Å². The normalized spacial score (nSPS) is 35.5. The monoisotopic (exact) mass is 323 g/mol. The van der Waals surface area contributed by atoms with E-state index in [1.807, 2.05) is 0 Å². The standard InChI is InChI=1S/C14H25N3O.2ClH/c15-13-11-4-3-10(9-11)12(13)14(18)16-5-8-17-6-1-2-7-17;;/h10-13H,1-9,15H2,(H,16,18);2*1H. The van der Waals surface area contributed by atoms with Gasteiger partial charge in [0.2, 0.25) is 5.91 Å². The topological polar surface area (TPSA) is 58.4 Å². The third-order valence-corrected chi connectivity index (χ3v) is 5.21. The Hall–Kier alpha value is -0.0300. The summed E-state index contributed by atoms with van der Waals surface area (Å²) in [5.41, 5.74) is 6.19. The quantitative estimate of drug-likeness (QED) is 0.822. The van der Waals surface area contributed by atoms with Crippen molar-refractivity contribution in [1.82, 2.24) is 10.2 Å². The summed E-state index contributed by atoms with van der Waals surface area (Å²) in [7, 11) is 0. The molecule has 1 aliphatic heterocycles. The van der Waals surface area contributed by atoms with Gasteiger partial charge < -0.3 is 16.0 Å². The molecule has 0 aromatic heterocycles. The molecular weight excluding hydrogens is 297 g/mol. The molecule has 3 N–H and O–H groups in total. The SMILES string of the molecule is Cl.Cl.NC1C2CCC(C2)C1C(=O)NCCN1CCCC1. The molecule has 20 heavy (non-hydrogen) atoms. The van der Waals surface area contributed by atoms with E-state index < -0.39 is 0 Å². The maximum Gasteiger partial charge on any atom is 0.225 e. The van der Waals surface area contributed by atoms with E-state index in [4.69, 9.17) is 5.73 Å². The molecule has 2 saturated carbocycles. The van der Waals surface area contributed by atoms with Crippen LogP contribution < -0.4 is 11.1 Å². The van der Waals surface area contributed by atoms with Crippen LogP contribution >= 0.6 is 24.8 Å². The van der Waals surface area contributed by atoms with Crippen molar-refractivity contribution in [2.75, 3.05) is 26.2 Å². The first kappa shape index (κ1) is 18.0. The lowest BCUT2D eigenvalue weighted by molar-refractivity contribution is -0.127. The summed E-state index contributed by atoms with van der Waals surface area (Å²) in [5, 5.41) is 3.11. The molecule has 4 atom stereocenters. The predicted octanol–water partition coefficient (Wildman–Crippen LogP) is 1.42. The summed E-state index contributed by atoms with van der Waals surface area (Å²) < 4.78 is 0. The summed E-state index contributed by atoms with van der Waals surface area (Å²) in [6.45, 7) is 4.19. The van der Waals surface area contributed by atoms with Crippen molar-refractivity contribution >= 4 is 30.7 Å². The van der Waals surface area contributed by atoms with E-state index in [9.17, 15) is 4.79 Å². The van der Waals surface area contributed by atoms with Crippen molar-refractivity contribution in [2.45, 2.75) is 38.1 Å². The number of amides is 1. The highest BCUT2D eigenvalue weighted by atomic mass is 35.5. The average Bonchev–Trinajstić information content (AvgIpc) is 3.03. The summed E-state index contributed by atoms with van der Waals surface area (Å²) in [4.78, 5) is 14.6. The van der Waals surface area contributed by atoms with E-state index in [2.05, 4.69) is 10.2 Å². The van der Waals surface area contributed by atoms with Crippen molar-refractivity contribution in [3.8, 4) is 0 Å². The number of nitrogens with one attached hydrogen (secondary N) is 1. The van der Waals surface area contributed by atoms with Gasteiger partial charge in [-0.3, -0.25) is 4.79 Å². The summed E-state index contributed by atoms with van der Waals surface area (Å²) in [6, 6.07) is 0.121. The van der Waals surface area contributed by atoms with Crippen molar-refractivity contribution in [3.05, 3.63) is 0 Å². The lowest BCUT2D eigenvalue weighted by Crippen LogP contribution is -2.46. The van der Waals surface area contributed by atoms with Gasteiger partial charge >= 0.3 is 0 Å². The molecule has 118 valence electrons. The first-order chi connectivity index (χ1) is 8.75. The lowest BCUT2D eigenvalue weighted by atomic mass is 9.84. The Morgan fingerprint density at radius 3 is 2.40 bits per heavy atom. The van der Waals surface area contributed by atoms with Crippen molar-refractivity contribution in [1.29, 1.82) is 0 Å². The van der Waals surface area contributed by atoms with E-state index in [0.29, 0.717) is 11.8 Å². The maximum absolute atomic E-state index is 12.2. The van der Waals surface area contributed by atoms with Crippen LogP contribution in [0.4, 0.5) is 0 Å². The van der Waals surface area contributed by atoms with Gasteiger partial charge in [0.05, 0.1) is 5.92 Å². The van der Waals surface area contributed by atoms with Gasteiger partial charge in [-0.15, -0.1) is 24.8 Å². The average molecular weight is 324 g/mol. The Morgan fingerprint density at radius 2 is 1.80 bits per heavy atom. The molecule has 4 nitrogen and oxygen atoms in total. The number of carbonyl (C=O) groups excluding carboxylic acids is 1. The van der Waals surface area contributed by atoms with E-state index in [0.717, 1.165) is 13.1 Å². The number of nitrogens with two attached hydrogens (primary N) is 1. The van der Waals surface area contributed by atoms with Gasteiger partial charge in [0.25, 0.3) is 0 Å². The Labute approximate surface area is 134 Å². The molecule has 3 rings (SSSR count). The molecule has 0 aromatic rings. The van der Waals surface area contributed by atoms with Gasteiger partial charge in [0.1, 0.15) is 0 Å². The maximum atomic E-state index is 12.2. The summed E-state index contributed by atoms with van der Waals surface area (Å²) in [5.74, 6) is 1.50. The number of hydrogen-bond donors (Lipinski definition) is 2. The number of likely N-dealkylation sites (tertiary alicyclic amines) is 1. The molecule has 0 aromatic carbocycles. The summed E-state index contributed by atoms with van der Waals surface area (Å²) >= 11 is 0. The fraction of sp³-hybridized carbons (Fsp3) is 0.929. The van der Waals surface area contributed by atoms with Crippen LogP contribution in [0.15, 0.2) is 0 Å². The van der Waals surface area contributed by atoms with Crippen LogP contribution in [0.5, 0.6) is 0 Å². The number of carbonyl (C=O) groups is 1. The fourth-order valence-corrected chi connectivity index (χ4v) is 4.19. The van der Waals surface area contributed by atoms with Crippen LogP contribution in [0.2, 0.25) is 0 Å². The lowest BCUT2D eigenvalue weighted by Gasteiger charge is -2.27. The molecule has 0 spiro atoms. The van der Waals surface area contributed by atoms with Crippen LogP contribution in [0, 0.1) is 17.8 Å². The number of hydrogen-bond acceptors (Lipinski definition) is 3. The zero-order chi connectivity index (χ0) is 12.5. The smallest absolute Gasteiger partial charge is 0.225 e. The van der Waals surface area contributed by atoms with Crippen LogP contribution in [0.25, 0.3) is 0 Å². The molecule has 1 saturated heterocycles. The molecule has 2 bridgehead atoms. The zero-order valence-corrected chi connectivity index (χ0v) is 13.6. The van der Waals surface area contributed by atoms with Gasteiger partial charge in [-0.2, -0.15) is 0 Å². The van der Waals surface area contributed by atoms with Gasteiger partial charge in [0, 0.05) is 19.1 Å². The first-order valence-electron chi connectivity index (χ1n) is 7.51. The first-order valence-corrected chi connectivity index (χ1v) is 7.51. The second kappa shape index (κ2) is 7.83. The van der Waals surface area contributed by atoms with Crippen LogP contribution in [-0.4, -0.2) is 43.0 Å². The fourth-order valence-electron chi connectivity index (χ4n) is 4.19. The highest BCUT2D eigenvalue weighted by Gasteiger charge is 2.48. The van der Waals surface area contributed by atoms with Gasteiger partial charge in [-0.25, -0.2) is 0 Å². The van der Waals surface area contributed by atoms with Crippen molar-refractivity contribution < 1.29 is 4.79 Å². The number of rotatable bonds is 4. The molecule has 1 heterocycles. The highest BCUT2D eigenvalue weighted by molar-refractivity contribution is 5.85. The van der Waals surface area contributed by atoms with Crippen LogP contribution in [0.3, 0.4) is 0 Å². The molecule has 3 fully saturated rings. The van der Waals surface area contributed by atoms with E-state index in [1.54, 1.807) is 0 Å². The van der Waals surface area contributed by atoms with Crippen LogP contribution in [-0.2, 0) is 4.79 Å². The third-order valence-electron chi connectivity index (χ3n) is 5.21. The number of fused-ring (bicyclic) bond motifs is 2. The summed E-state index contributed by atoms with van der Waals surface area (Å²) in [6.07, 6.45) is 6.26. The molecule has 3 aliphatic rings. The minimum atomic E-state index is 0. The van der Waals surface area contributed by atoms with Gasteiger partial charge in [-0.05, 0) is 57.0 Å². The third kappa shape index (κ3) is 3.59. The minimum absolute atomic E-state index is 0. The number of halogens is 2. The largest absolute Gasteiger partial charge is 0.355 e. The van der Waals surface area contributed by atoms with Gasteiger partial charge in [-0.1, -0.05) is 0 Å². The predicted molar refractivity (Wildman–Crippen MR) is 85.5 cm³/mol. The molecular formula is C14H27Cl2N3O. The van der Waals surface area contributed by atoms with Crippen molar-refractivity contribution in [2.24, 2.45) is 23.5 Å². The van der Waals surface area contributed by atoms with Gasteiger partial charge in [0.15, 0.2) is 0 Å². The highest BCUT2D eigenvalue weighted by Crippen LogP contribution is 2.47. The van der Waals surface area contributed by atoms with Crippen LogP contribution in [0.1, 0.15) is 32.1 Å². The second-order valence-corrected chi connectivity index (χ2v) is 6.28. The zero-order valence-electron chi connectivity index (χ0n) is 11.9. The van der Waals surface area contributed by atoms with Crippen molar-refractivity contribution in [3.63, 3.8) is 0 Å². The minimum Gasteiger partial charge on any atom is -0.355 e. The number of nitrogens with zero attached hydrogens (tertiary/aromatic N) is 1. The molecule has 6 heteroatoms. The molecule has 1 amide bonds.